The average Bonchev–Trinajstić information content (AvgIpc) is 2.43. The standard InChI is InChI=1S/C12H15F2N5O2/c1-12(10(15)20,17-6-7-18-19-16)8-2-4-9(5-3-8)21-11(13)14/h2-5,11,17H,6-7H2,1H3,(H2,15,20). The zero-order valence-corrected chi connectivity index (χ0v) is 11.3. The molecule has 0 heterocycles. The van der Waals surface area contributed by atoms with Crippen LogP contribution in [0.1, 0.15) is 12.5 Å². The lowest BCUT2D eigenvalue weighted by molar-refractivity contribution is -0.124. The molecule has 0 saturated carbocycles. The Bertz CT molecular complexity index is 531. The molecule has 21 heavy (non-hydrogen) atoms. The van der Waals surface area contributed by atoms with Gasteiger partial charge in [0.05, 0.1) is 0 Å². The van der Waals surface area contributed by atoms with E-state index in [0.717, 1.165) is 0 Å². The van der Waals surface area contributed by atoms with Gasteiger partial charge in [0, 0.05) is 18.0 Å². The Kier molecular flexibility index (Phi) is 5.89. The number of nitrogens with two attached hydrogens (primary N) is 1. The van der Waals surface area contributed by atoms with Crippen LogP contribution in [-0.4, -0.2) is 25.6 Å². The predicted octanol–water partition coefficient (Wildman–Crippen LogP) is 1.89. The first-order valence-corrected chi connectivity index (χ1v) is 6.01. The second-order valence-corrected chi connectivity index (χ2v) is 4.27. The van der Waals surface area contributed by atoms with E-state index in [-0.39, 0.29) is 18.8 Å². The van der Waals surface area contributed by atoms with Gasteiger partial charge in [0.15, 0.2) is 0 Å². The Balaban J connectivity index is 2.88. The van der Waals surface area contributed by atoms with Crippen molar-refractivity contribution in [1.29, 1.82) is 0 Å². The van der Waals surface area contributed by atoms with Crippen LogP contribution in [-0.2, 0) is 10.3 Å². The van der Waals surface area contributed by atoms with Gasteiger partial charge >= 0.3 is 6.61 Å². The molecule has 1 atom stereocenters. The van der Waals surface area contributed by atoms with E-state index in [9.17, 15) is 13.6 Å². The zero-order chi connectivity index (χ0) is 15.9. The van der Waals surface area contributed by atoms with Gasteiger partial charge in [-0.25, -0.2) is 0 Å². The van der Waals surface area contributed by atoms with E-state index in [1.165, 1.54) is 24.3 Å². The monoisotopic (exact) mass is 299 g/mol. The maximum Gasteiger partial charge on any atom is 0.387 e. The summed E-state index contributed by atoms with van der Waals surface area (Å²) in [6.45, 7) is -0.987. The Hall–Kier alpha value is -2.38. The van der Waals surface area contributed by atoms with Crippen LogP contribution in [0.15, 0.2) is 29.4 Å². The molecule has 0 saturated heterocycles. The summed E-state index contributed by atoms with van der Waals surface area (Å²) in [5, 5.41) is 6.22. The number of carbonyl (C=O) groups excluding carboxylic acids is 1. The number of nitrogens with zero attached hydrogens (tertiary/aromatic N) is 3. The number of hydrogen-bond acceptors (Lipinski definition) is 4. The highest BCUT2D eigenvalue weighted by molar-refractivity contribution is 5.85. The van der Waals surface area contributed by atoms with Gasteiger partial charge in [-0.2, -0.15) is 8.78 Å². The lowest BCUT2D eigenvalue weighted by atomic mass is 9.91. The Morgan fingerprint density at radius 3 is 2.62 bits per heavy atom. The third kappa shape index (κ3) is 4.59. The van der Waals surface area contributed by atoms with Crippen molar-refractivity contribution in [2.45, 2.75) is 19.1 Å². The fourth-order valence-corrected chi connectivity index (χ4v) is 1.70. The normalized spacial score (nSPS) is 13.3. The quantitative estimate of drug-likeness (QED) is 0.330. The van der Waals surface area contributed by atoms with Crippen LogP contribution in [0.25, 0.3) is 10.4 Å². The molecule has 0 aliphatic rings. The summed E-state index contributed by atoms with van der Waals surface area (Å²) in [6, 6.07) is 5.56. The van der Waals surface area contributed by atoms with E-state index in [1.54, 1.807) is 6.92 Å². The number of amides is 1. The van der Waals surface area contributed by atoms with Crippen molar-refractivity contribution < 1.29 is 18.3 Å². The molecule has 1 aromatic carbocycles. The molecule has 1 unspecified atom stereocenters. The minimum absolute atomic E-state index is 0.0188. The molecule has 0 bridgehead atoms. The first-order chi connectivity index (χ1) is 9.90. The number of alkyl halides is 2. The largest absolute Gasteiger partial charge is 0.435 e. The van der Waals surface area contributed by atoms with E-state index in [2.05, 4.69) is 20.1 Å². The number of primary amides is 1. The smallest absolute Gasteiger partial charge is 0.387 e. The maximum absolute atomic E-state index is 12.1. The molecular formula is C12H15F2N5O2. The fraction of sp³-hybridized carbons (Fsp3) is 0.417. The zero-order valence-electron chi connectivity index (χ0n) is 11.3. The number of carbonyl (C=O) groups is 1. The molecule has 0 aromatic heterocycles. The molecular weight excluding hydrogens is 284 g/mol. The molecule has 9 heteroatoms. The Morgan fingerprint density at radius 1 is 1.52 bits per heavy atom. The summed E-state index contributed by atoms with van der Waals surface area (Å²) in [4.78, 5) is 14.2. The van der Waals surface area contributed by atoms with Crippen LogP contribution in [0.4, 0.5) is 8.78 Å². The Labute approximate surface area is 119 Å². The lowest BCUT2D eigenvalue weighted by Crippen LogP contribution is -2.51. The summed E-state index contributed by atoms with van der Waals surface area (Å²) in [5.41, 5.74) is 12.8. The molecule has 3 N–H and O–H groups in total. The molecule has 0 fully saturated rings. The molecule has 0 aliphatic heterocycles. The van der Waals surface area contributed by atoms with E-state index in [1.807, 2.05) is 0 Å². The molecule has 1 rings (SSSR count). The summed E-state index contributed by atoms with van der Waals surface area (Å²) < 4.78 is 28.4. The lowest BCUT2D eigenvalue weighted by Gasteiger charge is -2.28. The molecule has 1 amide bonds. The van der Waals surface area contributed by atoms with Crippen molar-refractivity contribution in [1.82, 2.24) is 5.32 Å². The van der Waals surface area contributed by atoms with Crippen molar-refractivity contribution in [2.24, 2.45) is 10.8 Å². The van der Waals surface area contributed by atoms with Gasteiger partial charge in [0.1, 0.15) is 11.3 Å². The minimum atomic E-state index is -2.92. The number of azide groups is 1. The molecule has 0 aliphatic carbocycles. The van der Waals surface area contributed by atoms with Gasteiger partial charge in [-0.15, -0.1) is 0 Å². The summed E-state index contributed by atoms with van der Waals surface area (Å²) in [7, 11) is 0. The van der Waals surface area contributed by atoms with Gasteiger partial charge < -0.3 is 10.5 Å². The fourth-order valence-electron chi connectivity index (χ4n) is 1.70. The van der Waals surface area contributed by atoms with Gasteiger partial charge in [0.25, 0.3) is 0 Å². The third-order valence-corrected chi connectivity index (χ3v) is 2.90. The third-order valence-electron chi connectivity index (χ3n) is 2.90. The van der Waals surface area contributed by atoms with Crippen LogP contribution in [0.2, 0.25) is 0 Å². The number of nitrogens with one attached hydrogen (secondary N) is 1. The van der Waals surface area contributed by atoms with Crippen molar-refractivity contribution >= 4 is 5.91 Å². The first-order valence-electron chi connectivity index (χ1n) is 6.01. The molecule has 0 spiro atoms. The predicted molar refractivity (Wildman–Crippen MR) is 71.6 cm³/mol. The summed E-state index contributed by atoms with van der Waals surface area (Å²) in [6.07, 6.45) is 0. The summed E-state index contributed by atoms with van der Waals surface area (Å²) >= 11 is 0. The van der Waals surface area contributed by atoms with Crippen LogP contribution >= 0.6 is 0 Å². The van der Waals surface area contributed by atoms with Crippen LogP contribution in [0.3, 0.4) is 0 Å². The average molecular weight is 299 g/mol. The number of rotatable bonds is 8. The summed E-state index contributed by atoms with van der Waals surface area (Å²) in [5.74, 6) is -0.666. The van der Waals surface area contributed by atoms with Gasteiger partial charge in [-0.1, -0.05) is 17.2 Å². The van der Waals surface area contributed by atoms with Gasteiger partial charge in [-0.05, 0) is 30.2 Å². The van der Waals surface area contributed by atoms with Crippen LogP contribution in [0.5, 0.6) is 5.75 Å². The first kappa shape index (κ1) is 16.7. The van der Waals surface area contributed by atoms with Crippen LogP contribution < -0.4 is 15.8 Å². The van der Waals surface area contributed by atoms with Crippen molar-refractivity contribution in [3.05, 3.63) is 40.3 Å². The maximum atomic E-state index is 12.1. The number of ether oxygens (including phenoxy) is 1. The number of hydrogen-bond donors (Lipinski definition) is 2. The van der Waals surface area contributed by atoms with E-state index >= 15 is 0 Å². The van der Waals surface area contributed by atoms with Crippen molar-refractivity contribution in [2.75, 3.05) is 13.1 Å². The van der Waals surface area contributed by atoms with E-state index in [4.69, 9.17) is 11.3 Å². The topological polar surface area (TPSA) is 113 Å². The minimum Gasteiger partial charge on any atom is -0.435 e. The van der Waals surface area contributed by atoms with Gasteiger partial charge in [0.2, 0.25) is 5.91 Å². The highest BCUT2D eigenvalue weighted by atomic mass is 19.3. The molecule has 7 nitrogen and oxygen atoms in total. The number of halogens is 2. The van der Waals surface area contributed by atoms with Crippen molar-refractivity contribution in [3.63, 3.8) is 0 Å². The highest BCUT2D eigenvalue weighted by Crippen LogP contribution is 2.23. The second-order valence-electron chi connectivity index (χ2n) is 4.27. The van der Waals surface area contributed by atoms with E-state index < -0.39 is 18.1 Å². The highest BCUT2D eigenvalue weighted by Gasteiger charge is 2.32. The second kappa shape index (κ2) is 7.41. The van der Waals surface area contributed by atoms with Crippen molar-refractivity contribution in [3.8, 4) is 5.75 Å². The molecule has 0 radical (unpaired) electrons. The molecule has 1 aromatic rings. The van der Waals surface area contributed by atoms with Gasteiger partial charge in [-0.3, -0.25) is 10.1 Å². The van der Waals surface area contributed by atoms with E-state index in [0.29, 0.717) is 5.56 Å². The SMILES string of the molecule is CC(NCCN=[N+]=[N-])(C(N)=O)c1ccc(OC(F)F)cc1. The Morgan fingerprint density at radius 2 is 2.14 bits per heavy atom. The number of benzene rings is 1. The molecule has 114 valence electrons. The van der Waals surface area contributed by atoms with Crippen LogP contribution in [0, 0.1) is 0 Å².